The minimum Gasteiger partial charge on any atom is -0.409 e. The van der Waals surface area contributed by atoms with Crippen molar-refractivity contribution in [3.05, 3.63) is 0 Å². The van der Waals surface area contributed by atoms with Crippen LogP contribution in [0.15, 0.2) is 5.16 Å². The maximum Gasteiger partial charge on any atom is 0.140 e. The Morgan fingerprint density at radius 2 is 2.20 bits per heavy atom. The Labute approximate surface area is 96.5 Å². The minimum absolute atomic E-state index is 0.362. The number of thioether (sulfide) groups is 1. The Bertz CT molecular complexity index is 203. The number of oxime groups is 1. The SMILES string of the molecule is CCC(CC(N)=NO)SCC1CCCC1. The standard InChI is InChI=1S/C11H22N2OS/c1-2-10(7-11(12)13-14)15-8-9-5-3-4-6-9/h9-10,14H,2-8H2,1H3,(H2,12,13). The summed E-state index contributed by atoms with van der Waals surface area (Å²) in [5.41, 5.74) is 5.52. The molecule has 0 saturated heterocycles. The Hall–Kier alpha value is -0.380. The zero-order valence-corrected chi connectivity index (χ0v) is 10.3. The second-order valence-corrected chi connectivity index (χ2v) is 5.64. The molecule has 1 aliphatic carbocycles. The van der Waals surface area contributed by atoms with Gasteiger partial charge in [0, 0.05) is 11.7 Å². The molecule has 1 unspecified atom stereocenters. The van der Waals surface area contributed by atoms with Crippen molar-refractivity contribution >= 4 is 17.6 Å². The first-order valence-electron chi connectivity index (χ1n) is 5.84. The van der Waals surface area contributed by atoms with E-state index in [1.54, 1.807) is 0 Å². The Morgan fingerprint density at radius 3 is 2.73 bits per heavy atom. The van der Waals surface area contributed by atoms with Crippen LogP contribution in [-0.4, -0.2) is 22.0 Å². The lowest BCUT2D eigenvalue weighted by Gasteiger charge is -2.16. The minimum atomic E-state index is 0.362. The quantitative estimate of drug-likeness (QED) is 0.319. The molecule has 1 atom stereocenters. The van der Waals surface area contributed by atoms with Crippen LogP contribution in [0, 0.1) is 5.92 Å². The van der Waals surface area contributed by atoms with Crippen molar-refractivity contribution in [1.29, 1.82) is 0 Å². The molecule has 15 heavy (non-hydrogen) atoms. The van der Waals surface area contributed by atoms with Crippen LogP contribution in [0.25, 0.3) is 0 Å². The van der Waals surface area contributed by atoms with Crippen molar-refractivity contribution in [2.45, 2.75) is 50.7 Å². The number of amidine groups is 1. The van der Waals surface area contributed by atoms with Gasteiger partial charge < -0.3 is 10.9 Å². The molecule has 0 aliphatic heterocycles. The van der Waals surface area contributed by atoms with Gasteiger partial charge in [-0.05, 0) is 30.9 Å². The highest BCUT2D eigenvalue weighted by Gasteiger charge is 2.17. The monoisotopic (exact) mass is 230 g/mol. The van der Waals surface area contributed by atoms with Crippen LogP contribution in [0.1, 0.15) is 45.4 Å². The summed E-state index contributed by atoms with van der Waals surface area (Å²) in [6, 6.07) is 0. The smallest absolute Gasteiger partial charge is 0.140 e. The topological polar surface area (TPSA) is 58.6 Å². The largest absolute Gasteiger partial charge is 0.409 e. The van der Waals surface area contributed by atoms with E-state index in [0.717, 1.165) is 12.3 Å². The van der Waals surface area contributed by atoms with Crippen LogP contribution in [0.2, 0.25) is 0 Å². The van der Waals surface area contributed by atoms with Crippen molar-refractivity contribution in [2.75, 3.05) is 5.75 Å². The second kappa shape index (κ2) is 6.99. The summed E-state index contributed by atoms with van der Waals surface area (Å²) in [6.07, 6.45) is 7.41. The van der Waals surface area contributed by atoms with Gasteiger partial charge in [-0.15, -0.1) is 0 Å². The normalized spacial score (nSPS) is 20.7. The summed E-state index contributed by atoms with van der Waals surface area (Å²) < 4.78 is 0. The molecular formula is C11H22N2OS. The van der Waals surface area contributed by atoms with Crippen molar-refractivity contribution in [3.63, 3.8) is 0 Å². The summed E-state index contributed by atoms with van der Waals surface area (Å²) in [4.78, 5) is 0. The van der Waals surface area contributed by atoms with Crippen LogP contribution < -0.4 is 5.73 Å². The van der Waals surface area contributed by atoms with Gasteiger partial charge in [0.25, 0.3) is 0 Å². The highest BCUT2D eigenvalue weighted by molar-refractivity contribution is 7.99. The predicted octanol–water partition coefficient (Wildman–Crippen LogP) is 2.82. The third kappa shape index (κ3) is 4.78. The van der Waals surface area contributed by atoms with E-state index in [1.165, 1.54) is 31.4 Å². The number of nitrogens with zero attached hydrogens (tertiary/aromatic N) is 1. The number of hydrogen-bond donors (Lipinski definition) is 2. The molecule has 1 saturated carbocycles. The molecule has 0 radical (unpaired) electrons. The van der Waals surface area contributed by atoms with Gasteiger partial charge in [0.05, 0.1) is 0 Å². The zero-order valence-electron chi connectivity index (χ0n) is 9.48. The van der Waals surface area contributed by atoms with Gasteiger partial charge in [-0.25, -0.2) is 0 Å². The molecule has 88 valence electrons. The molecule has 1 aliphatic rings. The van der Waals surface area contributed by atoms with Gasteiger partial charge in [-0.2, -0.15) is 11.8 Å². The second-order valence-electron chi connectivity index (χ2n) is 4.31. The van der Waals surface area contributed by atoms with E-state index in [-0.39, 0.29) is 0 Å². The summed E-state index contributed by atoms with van der Waals surface area (Å²) in [5.74, 6) is 2.52. The van der Waals surface area contributed by atoms with E-state index in [0.29, 0.717) is 17.5 Å². The Balaban J connectivity index is 2.20. The van der Waals surface area contributed by atoms with Gasteiger partial charge in [0.2, 0.25) is 0 Å². The average molecular weight is 230 g/mol. The van der Waals surface area contributed by atoms with E-state index in [1.807, 2.05) is 11.8 Å². The van der Waals surface area contributed by atoms with Crippen molar-refractivity contribution in [2.24, 2.45) is 16.8 Å². The molecule has 0 heterocycles. The van der Waals surface area contributed by atoms with E-state index in [4.69, 9.17) is 10.9 Å². The fourth-order valence-corrected chi connectivity index (χ4v) is 3.45. The molecule has 4 heteroatoms. The fourth-order valence-electron chi connectivity index (χ4n) is 2.04. The van der Waals surface area contributed by atoms with Gasteiger partial charge in [-0.3, -0.25) is 0 Å². The molecule has 1 fully saturated rings. The Morgan fingerprint density at radius 1 is 1.53 bits per heavy atom. The average Bonchev–Trinajstić information content (AvgIpc) is 2.76. The lowest BCUT2D eigenvalue weighted by molar-refractivity contribution is 0.316. The summed E-state index contributed by atoms with van der Waals surface area (Å²) in [5, 5.41) is 12.1. The van der Waals surface area contributed by atoms with Crippen molar-refractivity contribution < 1.29 is 5.21 Å². The number of rotatable bonds is 6. The van der Waals surface area contributed by atoms with E-state index in [2.05, 4.69) is 12.1 Å². The van der Waals surface area contributed by atoms with Crippen LogP contribution in [-0.2, 0) is 0 Å². The Kier molecular flexibility index (Phi) is 5.91. The first-order valence-corrected chi connectivity index (χ1v) is 6.89. The number of hydrogen-bond acceptors (Lipinski definition) is 3. The molecular weight excluding hydrogens is 208 g/mol. The molecule has 0 aromatic carbocycles. The van der Waals surface area contributed by atoms with Gasteiger partial charge in [-0.1, -0.05) is 24.9 Å². The van der Waals surface area contributed by atoms with E-state index >= 15 is 0 Å². The lowest BCUT2D eigenvalue weighted by atomic mass is 10.1. The van der Waals surface area contributed by atoms with Gasteiger partial charge in [0.15, 0.2) is 0 Å². The first kappa shape index (κ1) is 12.7. The molecule has 0 amide bonds. The van der Waals surface area contributed by atoms with Gasteiger partial charge in [0.1, 0.15) is 5.84 Å². The highest BCUT2D eigenvalue weighted by Crippen LogP contribution is 2.30. The van der Waals surface area contributed by atoms with Crippen LogP contribution in [0.3, 0.4) is 0 Å². The molecule has 0 aromatic heterocycles. The molecule has 3 nitrogen and oxygen atoms in total. The molecule has 1 rings (SSSR count). The zero-order chi connectivity index (χ0) is 11.1. The molecule has 0 spiro atoms. The van der Waals surface area contributed by atoms with Crippen LogP contribution in [0.5, 0.6) is 0 Å². The molecule has 0 bridgehead atoms. The lowest BCUT2D eigenvalue weighted by Crippen LogP contribution is -2.19. The maximum atomic E-state index is 8.51. The predicted molar refractivity (Wildman–Crippen MR) is 66.5 cm³/mol. The summed E-state index contributed by atoms with van der Waals surface area (Å²) in [6.45, 7) is 2.16. The van der Waals surface area contributed by atoms with Crippen molar-refractivity contribution in [1.82, 2.24) is 0 Å². The van der Waals surface area contributed by atoms with Crippen molar-refractivity contribution in [3.8, 4) is 0 Å². The summed E-state index contributed by atoms with van der Waals surface area (Å²) >= 11 is 1.99. The van der Waals surface area contributed by atoms with Gasteiger partial charge >= 0.3 is 0 Å². The molecule has 3 N–H and O–H groups in total. The fraction of sp³-hybridized carbons (Fsp3) is 0.909. The number of nitrogens with two attached hydrogens (primary N) is 1. The van der Waals surface area contributed by atoms with E-state index < -0.39 is 0 Å². The highest BCUT2D eigenvalue weighted by atomic mass is 32.2. The van der Waals surface area contributed by atoms with Crippen LogP contribution in [0.4, 0.5) is 0 Å². The third-order valence-electron chi connectivity index (χ3n) is 3.06. The summed E-state index contributed by atoms with van der Waals surface area (Å²) in [7, 11) is 0. The third-order valence-corrected chi connectivity index (χ3v) is 4.70. The first-order chi connectivity index (χ1) is 7.26. The van der Waals surface area contributed by atoms with E-state index in [9.17, 15) is 0 Å². The maximum absolute atomic E-state index is 8.51. The van der Waals surface area contributed by atoms with Crippen LogP contribution >= 0.6 is 11.8 Å². The molecule has 0 aromatic rings.